The van der Waals surface area contributed by atoms with E-state index in [4.69, 9.17) is 24.1 Å². The second-order valence-electron chi connectivity index (χ2n) is 6.33. The van der Waals surface area contributed by atoms with Gasteiger partial charge in [-0.05, 0) is 34.9 Å². The number of ether oxygens (including phenoxy) is 3. The van der Waals surface area contributed by atoms with E-state index in [1.54, 1.807) is 18.2 Å². The maximum atomic E-state index is 12.3. The lowest BCUT2D eigenvalue weighted by molar-refractivity contribution is -0.139. The van der Waals surface area contributed by atoms with Gasteiger partial charge in [0, 0.05) is 12.5 Å². The summed E-state index contributed by atoms with van der Waals surface area (Å²) >= 11 is 0. The van der Waals surface area contributed by atoms with Gasteiger partial charge in [-0.1, -0.05) is 6.07 Å². The van der Waals surface area contributed by atoms with Crippen molar-refractivity contribution in [3.8, 4) is 17.4 Å². The molecule has 1 aliphatic rings. The number of rotatable bonds is 4. The molecule has 0 aliphatic carbocycles. The number of benzene rings is 2. The molecule has 0 amide bonds. The van der Waals surface area contributed by atoms with E-state index in [1.165, 1.54) is 6.07 Å². The number of hydrogen-bond donors (Lipinski definition) is 2. The van der Waals surface area contributed by atoms with E-state index in [0.717, 1.165) is 22.8 Å². The van der Waals surface area contributed by atoms with Gasteiger partial charge in [0.25, 0.3) is 5.95 Å². The summed E-state index contributed by atoms with van der Waals surface area (Å²) in [6.07, 6.45) is -1.11. The summed E-state index contributed by atoms with van der Waals surface area (Å²) in [5.41, 5.74) is 2.23. The Balaban J connectivity index is 1.69. The SMILES string of the molecule is O=C(O)COc1ccc2c(c1)COc1cc3oc(OC(=O)O)cc(=O)c3cc1C2. The molecule has 0 spiro atoms. The Morgan fingerprint density at radius 2 is 1.86 bits per heavy atom. The summed E-state index contributed by atoms with van der Waals surface area (Å²) < 4.78 is 20.8. The second-order valence-corrected chi connectivity index (χ2v) is 6.33. The van der Waals surface area contributed by atoms with Crippen molar-refractivity contribution in [2.75, 3.05) is 6.61 Å². The van der Waals surface area contributed by atoms with E-state index in [2.05, 4.69) is 4.74 Å². The molecule has 4 rings (SSSR count). The molecule has 29 heavy (non-hydrogen) atoms. The predicted octanol–water partition coefficient (Wildman–Crippen LogP) is 2.80. The maximum Gasteiger partial charge on any atom is 0.513 e. The number of fused-ring (bicyclic) bond motifs is 3. The van der Waals surface area contributed by atoms with Crippen molar-refractivity contribution in [2.45, 2.75) is 13.0 Å². The van der Waals surface area contributed by atoms with Crippen LogP contribution in [0.25, 0.3) is 11.0 Å². The number of carboxylic acid groups (broad SMARTS) is 2. The number of aliphatic carboxylic acids is 1. The summed E-state index contributed by atoms with van der Waals surface area (Å²) in [6, 6.07) is 9.35. The first kappa shape index (κ1) is 18.4. The normalized spacial score (nSPS) is 12.3. The minimum absolute atomic E-state index is 0.143. The van der Waals surface area contributed by atoms with E-state index in [9.17, 15) is 14.4 Å². The van der Waals surface area contributed by atoms with Gasteiger partial charge >= 0.3 is 12.1 Å². The molecule has 0 radical (unpaired) electrons. The molecule has 2 aromatic carbocycles. The van der Waals surface area contributed by atoms with Crippen LogP contribution in [-0.2, 0) is 17.8 Å². The Morgan fingerprint density at radius 3 is 2.62 bits per heavy atom. The highest BCUT2D eigenvalue weighted by Gasteiger charge is 2.19. The average molecular weight is 398 g/mol. The van der Waals surface area contributed by atoms with Crippen LogP contribution < -0.4 is 19.6 Å². The van der Waals surface area contributed by atoms with Crippen molar-refractivity contribution in [3.63, 3.8) is 0 Å². The van der Waals surface area contributed by atoms with E-state index in [-0.39, 0.29) is 17.6 Å². The average Bonchev–Trinajstić information content (AvgIpc) is 2.83. The van der Waals surface area contributed by atoms with Crippen molar-refractivity contribution in [2.24, 2.45) is 0 Å². The molecular formula is C20H14O9. The Bertz CT molecular complexity index is 1190. The predicted molar refractivity (Wildman–Crippen MR) is 97.8 cm³/mol. The van der Waals surface area contributed by atoms with Crippen molar-refractivity contribution in [3.05, 3.63) is 63.3 Å². The molecule has 2 N–H and O–H groups in total. The molecule has 2 heterocycles. The minimum atomic E-state index is -1.59. The Kier molecular flexibility index (Phi) is 4.55. The molecule has 0 saturated heterocycles. The summed E-state index contributed by atoms with van der Waals surface area (Å²) in [5, 5.41) is 17.7. The molecule has 0 saturated carbocycles. The fourth-order valence-electron chi connectivity index (χ4n) is 3.12. The van der Waals surface area contributed by atoms with Crippen LogP contribution in [-0.4, -0.2) is 28.9 Å². The molecular weight excluding hydrogens is 384 g/mol. The van der Waals surface area contributed by atoms with Crippen molar-refractivity contribution >= 4 is 23.1 Å². The zero-order valence-corrected chi connectivity index (χ0v) is 14.8. The summed E-state index contributed by atoms with van der Waals surface area (Å²) in [5.74, 6) is -0.596. The lowest BCUT2D eigenvalue weighted by Gasteiger charge is -2.09. The molecule has 0 unspecified atom stereocenters. The molecule has 0 atom stereocenters. The van der Waals surface area contributed by atoms with Gasteiger partial charge in [-0.3, -0.25) is 4.79 Å². The van der Waals surface area contributed by atoms with Gasteiger partial charge in [-0.25, -0.2) is 9.59 Å². The van der Waals surface area contributed by atoms with Gasteiger partial charge in [0.15, 0.2) is 12.0 Å². The lowest BCUT2D eigenvalue weighted by Crippen LogP contribution is -2.09. The number of carboxylic acids is 1. The monoisotopic (exact) mass is 398 g/mol. The van der Waals surface area contributed by atoms with Crippen LogP contribution in [0.15, 0.2) is 45.6 Å². The van der Waals surface area contributed by atoms with Gasteiger partial charge in [-0.2, -0.15) is 0 Å². The Morgan fingerprint density at radius 1 is 1.03 bits per heavy atom. The molecule has 1 aromatic heterocycles. The first-order valence-corrected chi connectivity index (χ1v) is 8.50. The zero-order valence-electron chi connectivity index (χ0n) is 14.8. The third kappa shape index (κ3) is 3.84. The maximum absolute atomic E-state index is 12.3. The molecule has 1 aliphatic heterocycles. The van der Waals surface area contributed by atoms with Crippen LogP contribution in [0.5, 0.6) is 17.4 Å². The largest absolute Gasteiger partial charge is 0.513 e. The van der Waals surface area contributed by atoms with Crippen LogP contribution >= 0.6 is 0 Å². The van der Waals surface area contributed by atoms with Gasteiger partial charge < -0.3 is 28.8 Å². The molecule has 0 bridgehead atoms. The Labute approximate surface area is 162 Å². The fraction of sp³-hybridized carbons (Fsp3) is 0.150. The Hall–Kier alpha value is -4.01. The van der Waals surface area contributed by atoms with Crippen LogP contribution in [0, 0.1) is 0 Å². The third-order valence-corrected chi connectivity index (χ3v) is 4.38. The highest BCUT2D eigenvalue weighted by atomic mass is 16.7. The summed E-state index contributed by atoms with van der Waals surface area (Å²) in [6.45, 7) is -0.243. The minimum Gasteiger partial charge on any atom is -0.488 e. The van der Waals surface area contributed by atoms with Gasteiger partial charge in [0.1, 0.15) is 23.7 Å². The van der Waals surface area contributed by atoms with Gasteiger partial charge in [-0.15, -0.1) is 0 Å². The molecule has 148 valence electrons. The molecule has 3 aromatic rings. The van der Waals surface area contributed by atoms with Crippen molar-refractivity contribution < 1.29 is 38.4 Å². The van der Waals surface area contributed by atoms with Gasteiger partial charge in [0.2, 0.25) is 0 Å². The van der Waals surface area contributed by atoms with Crippen molar-refractivity contribution in [1.82, 2.24) is 0 Å². The first-order chi connectivity index (χ1) is 13.9. The summed E-state index contributed by atoms with van der Waals surface area (Å²) in [7, 11) is 0. The number of carbonyl (C=O) groups is 2. The van der Waals surface area contributed by atoms with Crippen LogP contribution in [0.1, 0.15) is 16.7 Å². The van der Waals surface area contributed by atoms with E-state index < -0.39 is 30.1 Å². The molecule has 9 heteroatoms. The fourth-order valence-corrected chi connectivity index (χ4v) is 3.12. The third-order valence-electron chi connectivity index (χ3n) is 4.38. The van der Waals surface area contributed by atoms with E-state index >= 15 is 0 Å². The van der Waals surface area contributed by atoms with Crippen LogP contribution in [0.2, 0.25) is 0 Å². The molecule has 9 nitrogen and oxygen atoms in total. The topological polar surface area (TPSA) is 133 Å². The standard InChI is InChI=1S/C20H14O9/c21-15-6-19(29-20(24)25)28-17-7-16-11(5-14(15)17)3-10-1-2-13(26-9-18(22)23)4-12(10)8-27-16/h1-2,4-7H,3,8-9H2,(H,22,23)(H,24,25). The lowest BCUT2D eigenvalue weighted by atomic mass is 9.99. The number of hydrogen-bond acceptors (Lipinski definition) is 7. The zero-order chi connectivity index (χ0) is 20.5. The molecule has 0 fully saturated rings. The van der Waals surface area contributed by atoms with E-state index in [0.29, 0.717) is 17.9 Å². The first-order valence-electron chi connectivity index (χ1n) is 8.50. The van der Waals surface area contributed by atoms with Crippen LogP contribution in [0.4, 0.5) is 4.79 Å². The van der Waals surface area contributed by atoms with Crippen molar-refractivity contribution in [1.29, 1.82) is 0 Å². The smallest absolute Gasteiger partial charge is 0.488 e. The van der Waals surface area contributed by atoms with Gasteiger partial charge in [0.05, 0.1) is 11.5 Å². The summed E-state index contributed by atoms with van der Waals surface area (Å²) in [4.78, 5) is 33.7. The highest BCUT2D eigenvalue weighted by Crippen LogP contribution is 2.33. The second kappa shape index (κ2) is 7.19. The van der Waals surface area contributed by atoms with Crippen LogP contribution in [0.3, 0.4) is 0 Å². The van der Waals surface area contributed by atoms with E-state index in [1.807, 2.05) is 6.07 Å². The highest BCUT2D eigenvalue weighted by molar-refractivity contribution is 5.80. The quantitative estimate of drug-likeness (QED) is 0.637.